The SMILES string of the molecule is C=C(Oc1ccccc1C)Sc1cc(C)c2ccccc2c1O. The number of thioether (sulfide) groups is 1. The zero-order chi connectivity index (χ0) is 16.4. The summed E-state index contributed by atoms with van der Waals surface area (Å²) in [5.41, 5.74) is 2.16. The quantitative estimate of drug-likeness (QED) is 0.486. The minimum atomic E-state index is 0.269. The highest BCUT2D eigenvalue weighted by molar-refractivity contribution is 8.03. The average Bonchev–Trinajstić information content (AvgIpc) is 2.54. The Morgan fingerprint density at radius 2 is 1.61 bits per heavy atom. The summed E-state index contributed by atoms with van der Waals surface area (Å²) in [6.45, 7) is 8.00. The first-order valence-corrected chi connectivity index (χ1v) is 8.19. The summed E-state index contributed by atoms with van der Waals surface area (Å²) in [5.74, 6) is 1.05. The maximum atomic E-state index is 10.5. The van der Waals surface area contributed by atoms with E-state index in [0.29, 0.717) is 5.09 Å². The standard InChI is InChI=1S/C20H18O2S/c1-13-8-4-7-11-18(13)22-15(3)23-19-12-14(2)16-9-5-6-10-17(16)20(19)21/h4-12,21H,3H2,1-2H3. The van der Waals surface area contributed by atoms with E-state index in [2.05, 4.69) is 6.58 Å². The fraction of sp³-hybridized carbons (Fsp3) is 0.100. The molecular weight excluding hydrogens is 304 g/mol. The summed E-state index contributed by atoms with van der Waals surface area (Å²) in [5, 5.41) is 13.0. The number of aromatic hydroxyl groups is 1. The lowest BCUT2D eigenvalue weighted by Gasteiger charge is -2.13. The Morgan fingerprint density at radius 1 is 0.957 bits per heavy atom. The molecule has 0 amide bonds. The zero-order valence-electron chi connectivity index (χ0n) is 13.2. The van der Waals surface area contributed by atoms with Gasteiger partial charge in [0.05, 0.1) is 4.90 Å². The number of hydrogen-bond donors (Lipinski definition) is 1. The maximum absolute atomic E-state index is 10.5. The van der Waals surface area contributed by atoms with Crippen LogP contribution in [0.15, 0.2) is 71.2 Å². The van der Waals surface area contributed by atoms with Gasteiger partial charge in [0.2, 0.25) is 0 Å². The normalized spacial score (nSPS) is 10.7. The third kappa shape index (κ3) is 3.20. The van der Waals surface area contributed by atoms with E-state index in [0.717, 1.165) is 32.5 Å². The van der Waals surface area contributed by atoms with Gasteiger partial charge in [-0.15, -0.1) is 0 Å². The van der Waals surface area contributed by atoms with E-state index in [9.17, 15) is 5.11 Å². The van der Waals surface area contributed by atoms with Crippen LogP contribution in [0.4, 0.5) is 0 Å². The van der Waals surface area contributed by atoms with Crippen molar-refractivity contribution < 1.29 is 9.84 Å². The van der Waals surface area contributed by atoms with Crippen LogP contribution in [-0.4, -0.2) is 5.11 Å². The topological polar surface area (TPSA) is 29.5 Å². The van der Waals surface area contributed by atoms with Gasteiger partial charge in [0.15, 0.2) is 5.09 Å². The van der Waals surface area contributed by atoms with E-state index in [-0.39, 0.29) is 5.75 Å². The lowest BCUT2D eigenvalue weighted by atomic mass is 10.0. The molecule has 0 fully saturated rings. The third-order valence-corrected chi connectivity index (χ3v) is 4.57. The minimum Gasteiger partial charge on any atom is -0.506 e. The van der Waals surface area contributed by atoms with Crippen molar-refractivity contribution in [2.45, 2.75) is 18.7 Å². The van der Waals surface area contributed by atoms with Gasteiger partial charge >= 0.3 is 0 Å². The molecule has 0 saturated heterocycles. The van der Waals surface area contributed by atoms with Crippen LogP contribution in [0.2, 0.25) is 0 Å². The largest absolute Gasteiger partial charge is 0.506 e. The molecule has 0 aliphatic heterocycles. The molecule has 0 heterocycles. The number of phenolic OH excluding ortho intramolecular Hbond substituents is 1. The summed E-state index contributed by atoms with van der Waals surface area (Å²) in [7, 11) is 0. The van der Waals surface area contributed by atoms with E-state index in [4.69, 9.17) is 4.74 Å². The van der Waals surface area contributed by atoms with Gasteiger partial charge in [0.25, 0.3) is 0 Å². The predicted octanol–water partition coefficient (Wildman–Crippen LogP) is 5.80. The molecule has 116 valence electrons. The molecule has 3 aromatic rings. The van der Waals surface area contributed by atoms with E-state index in [1.165, 1.54) is 11.8 Å². The molecule has 3 aromatic carbocycles. The molecule has 0 atom stereocenters. The van der Waals surface area contributed by atoms with Gasteiger partial charge in [0.1, 0.15) is 11.5 Å². The van der Waals surface area contributed by atoms with Crippen LogP contribution in [0, 0.1) is 13.8 Å². The van der Waals surface area contributed by atoms with E-state index in [1.807, 2.05) is 68.4 Å². The first-order chi connectivity index (χ1) is 11.1. The van der Waals surface area contributed by atoms with Crippen LogP contribution < -0.4 is 4.74 Å². The van der Waals surface area contributed by atoms with Gasteiger partial charge in [0, 0.05) is 5.39 Å². The van der Waals surface area contributed by atoms with E-state index >= 15 is 0 Å². The molecule has 2 nitrogen and oxygen atoms in total. The second kappa shape index (κ2) is 6.39. The van der Waals surface area contributed by atoms with Gasteiger partial charge in [-0.1, -0.05) is 42.5 Å². The highest BCUT2D eigenvalue weighted by Gasteiger charge is 2.12. The van der Waals surface area contributed by atoms with Gasteiger partial charge in [-0.3, -0.25) is 0 Å². The lowest BCUT2D eigenvalue weighted by molar-refractivity contribution is 0.459. The Labute approximate surface area is 140 Å². The number of para-hydroxylation sites is 1. The number of ether oxygens (including phenoxy) is 1. The number of hydrogen-bond acceptors (Lipinski definition) is 3. The van der Waals surface area contributed by atoms with E-state index in [1.54, 1.807) is 0 Å². The van der Waals surface area contributed by atoms with Crippen LogP contribution in [0.25, 0.3) is 10.8 Å². The average molecular weight is 322 g/mol. The second-order valence-electron chi connectivity index (χ2n) is 5.43. The van der Waals surface area contributed by atoms with Crippen molar-refractivity contribution in [2.75, 3.05) is 0 Å². The predicted molar refractivity (Wildman–Crippen MR) is 97.2 cm³/mol. The van der Waals surface area contributed by atoms with Crippen molar-refractivity contribution in [2.24, 2.45) is 0 Å². The third-order valence-electron chi connectivity index (χ3n) is 3.73. The van der Waals surface area contributed by atoms with Crippen LogP contribution >= 0.6 is 11.8 Å². The van der Waals surface area contributed by atoms with Crippen molar-refractivity contribution in [3.63, 3.8) is 0 Å². The second-order valence-corrected chi connectivity index (χ2v) is 6.53. The fourth-order valence-corrected chi connectivity index (χ4v) is 3.34. The number of fused-ring (bicyclic) bond motifs is 1. The Hall–Kier alpha value is -2.39. The Bertz CT molecular complexity index is 884. The van der Waals surface area contributed by atoms with Crippen molar-refractivity contribution in [1.29, 1.82) is 0 Å². The molecule has 3 rings (SSSR count). The highest BCUT2D eigenvalue weighted by Crippen LogP contribution is 2.40. The molecule has 0 bridgehead atoms. The summed E-state index contributed by atoms with van der Waals surface area (Å²) >= 11 is 1.34. The number of rotatable bonds is 4. The molecular formula is C20H18O2S. The summed E-state index contributed by atoms with van der Waals surface area (Å²) in [6.07, 6.45) is 0. The van der Waals surface area contributed by atoms with Crippen LogP contribution in [-0.2, 0) is 0 Å². The van der Waals surface area contributed by atoms with Gasteiger partial charge in [-0.2, -0.15) is 0 Å². The van der Waals surface area contributed by atoms with Crippen LogP contribution in [0.5, 0.6) is 11.5 Å². The van der Waals surface area contributed by atoms with E-state index < -0.39 is 0 Å². The van der Waals surface area contributed by atoms with Crippen molar-refractivity contribution >= 4 is 22.5 Å². The minimum absolute atomic E-state index is 0.269. The van der Waals surface area contributed by atoms with Gasteiger partial charge in [-0.25, -0.2) is 0 Å². The molecule has 0 radical (unpaired) electrons. The summed E-state index contributed by atoms with van der Waals surface area (Å²) < 4.78 is 5.81. The maximum Gasteiger partial charge on any atom is 0.158 e. The Morgan fingerprint density at radius 3 is 2.35 bits per heavy atom. The Balaban J connectivity index is 1.88. The zero-order valence-corrected chi connectivity index (χ0v) is 14.0. The number of benzene rings is 3. The summed E-state index contributed by atoms with van der Waals surface area (Å²) in [4.78, 5) is 0.750. The van der Waals surface area contributed by atoms with Crippen molar-refractivity contribution in [3.8, 4) is 11.5 Å². The molecule has 0 aliphatic carbocycles. The first-order valence-electron chi connectivity index (χ1n) is 7.38. The molecule has 0 unspecified atom stereocenters. The molecule has 1 N–H and O–H groups in total. The highest BCUT2D eigenvalue weighted by atomic mass is 32.2. The molecule has 3 heteroatoms. The number of phenols is 1. The molecule has 0 aliphatic rings. The van der Waals surface area contributed by atoms with Crippen LogP contribution in [0.1, 0.15) is 11.1 Å². The smallest absolute Gasteiger partial charge is 0.158 e. The molecule has 23 heavy (non-hydrogen) atoms. The molecule has 0 spiro atoms. The first kappa shape index (κ1) is 15.5. The Kier molecular flexibility index (Phi) is 4.30. The summed E-state index contributed by atoms with van der Waals surface area (Å²) in [6, 6.07) is 17.6. The monoisotopic (exact) mass is 322 g/mol. The molecule has 0 aromatic heterocycles. The fourth-order valence-electron chi connectivity index (χ4n) is 2.52. The van der Waals surface area contributed by atoms with Gasteiger partial charge in [-0.05, 0) is 60.8 Å². The lowest BCUT2D eigenvalue weighted by Crippen LogP contribution is -1.92. The van der Waals surface area contributed by atoms with Crippen LogP contribution in [0.3, 0.4) is 0 Å². The van der Waals surface area contributed by atoms with Crippen molar-refractivity contribution in [1.82, 2.24) is 0 Å². The number of aryl methyl sites for hydroxylation is 2. The van der Waals surface area contributed by atoms with Crippen molar-refractivity contribution in [3.05, 3.63) is 77.4 Å². The van der Waals surface area contributed by atoms with Gasteiger partial charge < -0.3 is 9.84 Å². The molecule has 0 saturated carbocycles.